The molecule has 1 aromatic heterocycles. The highest BCUT2D eigenvalue weighted by atomic mass is 35.5. The number of benzene rings is 2. The van der Waals surface area contributed by atoms with Crippen LogP contribution in [0, 0.1) is 0 Å². The van der Waals surface area contributed by atoms with E-state index >= 15 is 0 Å². The minimum absolute atomic E-state index is 0.124. The van der Waals surface area contributed by atoms with Crippen LogP contribution in [0.15, 0.2) is 36.1 Å². The van der Waals surface area contributed by atoms with Crippen LogP contribution in [0.2, 0.25) is 10.0 Å². The zero-order valence-electron chi connectivity index (χ0n) is 21.1. The summed E-state index contributed by atoms with van der Waals surface area (Å²) in [5, 5.41) is 12.8. The average Bonchev–Trinajstić information content (AvgIpc) is 3.31. The highest BCUT2D eigenvalue weighted by Gasteiger charge is 2.24. The van der Waals surface area contributed by atoms with Gasteiger partial charge < -0.3 is 14.6 Å². The third-order valence-corrected chi connectivity index (χ3v) is 7.83. The van der Waals surface area contributed by atoms with Crippen molar-refractivity contribution in [2.75, 3.05) is 25.6 Å². The number of aromatic nitrogens is 1. The number of rotatable bonds is 11. The number of anilines is 1. The van der Waals surface area contributed by atoms with Crippen molar-refractivity contribution in [3.63, 3.8) is 0 Å². The highest BCUT2D eigenvalue weighted by Crippen LogP contribution is 2.40. The lowest BCUT2D eigenvalue weighted by atomic mass is 9.88. The van der Waals surface area contributed by atoms with Gasteiger partial charge in [0.2, 0.25) is 5.76 Å². The molecule has 0 saturated heterocycles. The largest absolute Gasteiger partial charge is 0.490 e. The summed E-state index contributed by atoms with van der Waals surface area (Å²) >= 11 is 14.1. The van der Waals surface area contributed by atoms with Crippen molar-refractivity contribution >= 4 is 57.6 Å². The van der Waals surface area contributed by atoms with Crippen LogP contribution in [0.4, 0.5) is 5.13 Å². The summed E-state index contributed by atoms with van der Waals surface area (Å²) in [5.74, 6) is -2.00. The molecule has 0 atom stereocenters. The number of halogens is 2. The lowest BCUT2D eigenvalue weighted by Crippen LogP contribution is -2.12. The molecule has 1 aliphatic rings. The number of nitrogens with zero attached hydrogens (tertiary/aromatic N) is 1. The number of nitrogens with one attached hydrogen (secondary N) is 1. The molecule has 0 fully saturated rings. The SMILES string of the molecule is CCCOCCCc1cccc2c1CCc1sc(NC(=O)c3cc(Cl)c(/C=C(\OC)C(=O)O)c(Cl)c3)nc1-2. The van der Waals surface area contributed by atoms with Crippen molar-refractivity contribution in [2.24, 2.45) is 0 Å². The van der Waals surface area contributed by atoms with E-state index in [2.05, 4.69) is 30.4 Å². The zero-order chi connectivity index (χ0) is 27.2. The number of carbonyl (C=O) groups is 2. The van der Waals surface area contributed by atoms with E-state index in [-0.39, 0.29) is 26.9 Å². The number of carboxylic acids is 1. The molecule has 38 heavy (non-hydrogen) atoms. The number of methoxy groups -OCH3 is 1. The molecule has 0 radical (unpaired) electrons. The lowest BCUT2D eigenvalue weighted by molar-refractivity contribution is -0.135. The third-order valence-electron chi connectivity index (χ3n) is 6.18. The summed E-state index contributed by atoms with van der Waals surface area (Å²) < 4.78 is 10.5. The topological polar surface area (TPSA) is 97.8 Å². The maximum Gasteiger partial charge on any atom is 0.371 e. The van der Waals surface area contributed by atoms with E-state index in [1.54, 1.807) is 0 Å². The van der Waals surface area contributed by atoms with Crippen LogP contribution in [0.25, 0.3) is 17.3 Å². The Balaban J connectivity index is 1.51. The number of hydrogen-bond donors (Lipinski definition) is 2. The molecule has 3 aromatic rings. The third kappa shape index (κ3) is 6.38. The van der Waals surface area contributed by atoms with Gasteiger partial charge in [0.15, 0.2) is 5.13 Å². The summed E-state index contributed by atoms with van der Waals surface area (Å²) in [7, 11) is 1.24. The Bertz CT molecular complexity index is 1360. The molecule has 1 heterocycles. The van der Waals surface area contributed by atoms with Gasteiger partial charge in [-0.25, -0.2) is 9.78 Å². The van der Waals surface area contributed by atoms with E-state index in [9.17, 15) is 14.7 Å². The van der Waals surface area contributed by atoms with Crippen LogP contribution < -0.4 is 5.32 Å². The first-order chi connectivity index (χ1) is 18.3. The van der Waals surface area contributed by atoms with E-state index < -0.39 is 11.9 Å². The number of aryl methyl sites for hydroxylation is 2. The Kier molecular flexibility index (Phi) is 9.44. The Morgan fingerprint density at radius 1 is 1.18 bits per heavy atom. The lowest BCUT2D eigenvalue weighted by Gasteiger charge is -2.18. The summed E-state index contributed by atoms with van der Waals surface area (Å²) in [6.07, 6.45) is 5.98. The predicted octanol–water partition coefficient (Wildman–Crippen LogP) is 6.90. The van der Waals surface area contributed by atoms with Crippen molar-refractivity contribution in [1.29, 1.82) is 0 Å². The first kappa shape index (κ1) is 28.1. The first-order valence-corrected chi connectivity index (χ1v) is 13.9. The Morgan fingerprint density at radius 3 is 2.63 bits per heavy atom. The molecular formula is C28H28Cl2N2O5S. The second-order valence-electron chi connectivity index (χ2n) is 8.78. The van der Waals surface area contributed by atoms with E-state index in [1.807, 2.05) is 0 Å². The maximum atomic E-state index is 13.0. The van der Waals surface area contributed by atoms with Crippen molar-refractivity contribution in [3.8, 4) is 11.3 Å². The molecule has 0 saturated carbocycles. The predicted molar refractivity (Wildman–Crippen MR) is 151 cm³/mol. The van der Waals surface area contributed by atoms with Gasteiger partial charge in [-0.2, -0.15) is 0 Å². The summed E-state index contributed by atoms with van der Waals surface area (Å²) in [5.41, 5.74) is 5.14. The molecule has 1 amide bonds. The molecule has 10 heteroatoms. The van der Waals surface area contributed by atoms with Gasteiger partial charge in [0.25, 0.3) is 5.91 Å². The zero-order valence-corrected chi connectivity index (χ0v) is 23.4. The Labute approximate surface area is 235 Å². The molecule has 0 spiro atoms. The van der Waals surface area contributed by atoms with Gasteiger partial charge in [-0.1, -0.05) is 48.3 Å². The smallest absolute Gasteiger partial charge is 0.371 e. The minimum Gasteiger partial charge on any atom is -0.490 e. The summed E-state index contributed by atoms with van der Waals surface area (Å²) in [6, 6.07) is 9.20. The molecule has 2 N–H and O–H groups in total. The van der Waals surface area contributed by atoms with Gasteiger partial charge >= 0.3 is 5.97 Å². The van der Waals surface area contributed by atoms with E-state index in [4.69, 9.17) is 37.7 Å². The molecule has 0 aliphatic heterocycles. The Hall–Kier alpha value is -2.91. The van der Waals surface area contributed by atoms with E-state index in [1.165, 1.54) is 47.8 Å². The summed E-state index contributed by atoms with van der Waals surface area (Å²) in [4.78, 5) is 30.1. The van der Waals surface area contributed by atoms with Crippen molar-refractivity contribution in [3.05, 3.63) is 73.3 Å². The highest BCUT2D eigenvalue weighted by molar-refractivity contribution is 7.16. The molecule has 2 aromatic carbocycles. The number of fused-ring (bicyclic) bond motifs is 3. The van der Waals surface area contributed by atoms with Crippen LogP contribution in [0.3, 0.4) is 0 Å². The fourth-order valence-electron chi connectivity index (χ4n) is 4.38. The van der Waals surface area contributed by atoms with Gasteiger partial charge in [0.1, 0.15) is 0 Å². The van der Waals surface area contributed by atoms with Crippen molar-refractivity contribution in [1.82, 2.24) is 4.98 Å². The van der Waals surface area contributed by atoms with Crippen LogP contribution >= 0.6 is 34.5 Å². The maximum absolute atomic E-state index is 13.0. The molecule has 0 bridgehead atoms. The fraction of sp³-hybridized carbons (Fsp3) is 0.321. The number of aliphatic carboxylic acids is 1. The van der Waals surface area contributed by atoms with Gasteiger partial charge in [-0.15, -0.1) is 11.3 Å². The van der Waals surface area contributed by atoms with Gasteiger partial charge in [0.05, 0.1) is 22.8 Å². The van der Waals surface area contributed by atoms with Crippen LogP contribution in [0.1, 0.15) is 51.7 Å². The molecule has 0 unspecified atom stereocenters. The second kappa shape index (κ2) is 12.8. The number of carbonyl (C=O) groups excluding carboxylic acids is 1. The number of thiazole rings is 1. The van der Waals surface area contributed by atoms with Crippen LogP contribution in [-0.4, -0.2) is 42.3 Å². The first-order valence-electron chi connectivity index (χ1n) is 12.3. The van der Waals surface area contributed by atoms with Crippen molar-refractivity contribution in [2.45, 2.75) is 39.0 Å². The fourth-order valence-corrected chi connectivity index (χ4v) is 5.95. The number of hydrogen-bond acceptors (Lipinski definition) is 6. The molecule has 200 valence electrons. The monoisotopic (exact) mass is 574 g/mol. The molecule has 1 aliphatic carbocycles. The van der Waals surface area contributed by atoms with Gasteiger partial charge in [0, 0.05) is 34.8 Å². The van der Waals surface area contributed by atoms with Crippen LogP contribution in [-0.2, 0) is 33.5 Å². The van der Waals surface area contributed by atoms with Crippen LogP contribution in [0.5, 0.6) is 0 Å². The number of ether oxygens (including phenoxy) is 2. The molecule has 4 rings (SSSR count). The molecule has 7 nitrogen and oxygen atoms in total. The minimum atomic E-state index is -1.26. The van der Waals surface area contributed by atoms with Gasteiger partial charge in [-0.05, 0) is 61.4 Å². The normalized spacial score (nSPS) is 12.6. The van der Waals surface area contributed by atoms with Crippen molar-refractivity contribution < 1.29 is 24.2 Å². The number of amides is 1. The molecular weight excluding hydrogens is 547 g/mol. The second-order valence-corrected chi connectivity index (χ2v) is 10.7. The average molecular weight is 576 g/mol. The standard InChI is InChI=1S/C28H28Cl2N2O5S/c1-3-11-37-12-5-7-16-6-4-8-19-18(16)9-10-24-25(19)31-28(38-24)32-26(33)17-13-21(29)20(22(30)14-17)15-23(36-2)27(34)35/h4,6,8,13-15H,3,5,7,9-12H2,1-2H3,(H,34,35)(H,31,32,33)/b23-15-. The van der Waals surface area contributed by atoms with E-state index in [0.29, 0.717) is 5.13 Å². The number of carboxylic acid groups (broad SMARTS) is 1. The Morgan fingerprint density at radius 2 is 1.95 bits per heavy atom. The van der Waals surface area contributed by atoms with Gasteiger partial charge in [-0.3, -0.25) is 10.1 Å². The summed E-state index contributed by atoms with van der Waals surface area (Å²) in [6.45, 7) is 3.66. The van der Waals surface area contributed by atoms with E-state index in [0.717, 1.165) is 61.5 Å². The quantitative estimate of drug-likeness (QED) is 0.147.